The van der Waals surface area contributed by atoms with Gasteiger partial charge in [-0.25, -0.2) is 0 Å². The zero-order valence-electron chi connectivity index (χ0n) is 11.6. The molecule has 1 aliphatic rings. The number of hydrogen-bond donors (Lipinski definition) is 2. The zero-order chi connectivity index (χ0) is 15.0. The average Bonchev–Trinajstić information content (AvgIpc) is 2.46. The first kappa shape index (κ1) is 13.1. The monoisotopic (exact) mass is 277 g/mol. The molecule has 0 amide bonds. The molecule has 0 saturated carbocycles. The van der Waals surface area contributed by atoms with Crippen LogP contribution in [0.15, 0.2) is 53.9 Å². The second kappa shape index (κ2) is 4.88. The van der Waals surface area contributed by atoms with E-state index in [1.54, 1.807) is 12.1 Å². The number of aryl methyl sites for hydroxylation is 1. The van der Waals surface area contributed by atoms with E-state index in [2.05, 4.69) is 6.07 Å². The minimum atomic E-state index is -0.222. The third-order valence-electron chi connectivity index (χ3n) is 3.65. The maximum Gasteiger partial charge on any atom is 0.205 e. The van der Waals surface area contributed by atoms with Gasteiger partial charge in [-0.2, -0.15) is 5.26 Å². The Morgan fingerprint density at radius 1 is 1.10 bits per heavy atom. The van der Waals surface area contributed by atoms with Crippen molar-refractivity contribution in [2.75, 3.05) is 5.73 Å². The number of nitrogens with two attached hydrogens (primary N) is 2. The molecule has 0 bridgehead atoms. The van der Waals surface area contributed by atoms with Crippen LogP contribution in [0.1, 0.15) is 22.6 Å². The normalized spacial score (nSPS) is 16.9. The summed E-state index contributed by atoms with van der Waals surface area (Å²) in [5, 5.41) is 9.44. The summed E-state index contributed by atoms with van der Waals surface area (Å²) in [5.41, 5.74) is 15.8. The molecule has 0 aliphatic carbocycles. The predicted molar refractivity (Wildman–Crippen MR) is 81.3 cm³/mol. The first-order chi connectivity index (χ1) is 10.1. The first-order valence-electron chi connectivity index (χ1n) is 6.63. The topological polar surface area (TPSA) is 85.1 Å². The van der Waals surface area contributed by atoms with Gasteiger partial charge in [0.15, 0.2) is 0 Å². The maximum atomic E-state index is 9.44. The molecule has 0 spiro atoms. The highest BCUT2D eigenvalue weighted by Gasteiger charge is 2.30. The quantitative estimate of drug-likeness (QED) is 0.785. The maximum absolute atomic E-state index is 9.44. The fourth-order valence-electron chi connectivity index (χ4n) is 2.57. The lowest BCUT2D eigenvalue weighted by atomic mass is 9.83. The zero-order valence-corrected chi connectivity index (χ0v) is 11.6. The number of ether oxygens (including phenoxy) is 1. The van der Waals surface area contributed by atoms with Crippen LogP contribution in [0.4, 0.5) is 5.69 Å². The predicted octanol–water partition coefficient (Wildman–Crippen LogP) is 2.80. The Labute approximate surface area is 123 Å². The van der Waals surface area contributed by atoms with E-state index in [9.17, 15) is 5.26 Å². The van der Waals surface area contributed by atoms with Gasteiger partial charge < -0.3 is 16.2 Å². The van der Waals surface area contributed by atoms with Crippen LogP contribution in [0.5, 0.6) is 5.75 Å². The molecule has 3 rings (SSSR count). The number of nitriles is 1. The molecule has 1 heterocycles. The Morgan fingerprint density at radius 2 is 1.81 bits per heavy atom. The Hall–Kier alpha value is -2.93. The van der Waals surface area contributed by atoms with Crippen molar-refractivity contribution in [3.05, 3.63) is 70.6 Å². The number of hydrogen-bond acceptors (Lipinski definition) is 4. The van der Waals surface area contributed by atoms with E-state index in [4.69, 9.17) is 16.2 Å². The lowest BCUT2D eigenvalue weighted by Crippen LogP contribution is -2.21. The highest BCUT2D eigenvalue weighted by Crippen LogP contribution is 2.42. The lowest BCUT2D eigenvalue weighted by Gasteiger charge is -2.26. The van der Waals surface area contributed by atoms with Crippen molar-refractivity contribution in [1.82, 2.24) is 0 Å². The Balaban J connectivity index is 2.21. The highest BCUT2D eigenvalue weighted by molar-refractivity contribution is 5.59. The van der Waals surface area contributed by atoms with E-state index in [0.717, 1.165) is 11.1 Å². The van der Waals surface area contributed by atoms with Gasteiger partial charge in [-0.3, -0.25) is 0 Å². The molecule has 4 N–H and O–H groups in total. The molecular formula is C17H15N3O. The number of nitrogen functional groups attached to an aromatic ring is 1. The minimum absolute atomic E-state index is 0.140. The van der Waals surface area contributed by atoms with E-state index in [1.165, 1.54) is 5.56 Å². The Kier molecular flexibility index (Phi) is 3.03. The summed E-state index contributed by atoms with van der Waals surface area (Å²) in [7, 11) is 0. The van der Waals surface area contributed by atoms with E-state index in [0.29, 0.717) is 17.0 Å². The van der Waals surface area contributed by atoms with Crippen LogP contribution in [0, 0.1) is 18.3 Å². The van der Waals surface area contributed by atoms with E-state index in [1.807, 2.05) is 37.3 Å². The molecule has 0 unspecified atom stereocenters. The van der Waals surface area contributed by atoms with Crippen LogP contribution < -0.4 is 16.2 Å². The summed E-state index contributed by atoms with van der Waals surface area (Å²) in [6.07, 6.45) is 0. The Bertz CT molecular complexity index is 770. The van der Waals surface area contributed by atoms with Gasteiger partial charge >= 0.3 is 0 Å². The van der Waals surface area contributed by atoms with Gasteiger partial charge in [0.05, 0.1) is 5.92 Å². The summed E-state index contributed by atoms with van der Waals surface area (Å²) < 4.78 is 5.55. The molecule has 0 aromatic heterocycles. The van der Waals surface area contributed by atoms with Crippen LogP contribution in [0.25, 0.3) is 0 Å². The number of fused-ring (bicyclic) bond motifs is 1. The van der Waals surface area contributed by atoms with Gasteiger partial charge in [-0.05, 0) is 18.6 Å². The van der Waals surface area contributed by atoms with Gasteiger partial charge in [0.2, 0.25) is 5.88 Å². The van der Waals surface area contributed by atoms with Gasteiger partial charge in [0.25, 0.3) is 0 Å². The largest absolute Gasteiger partial charge is 0.440 e. The molecule has 2 aromatic rings. The van der Waals surface area contributed by atoms with Gasteiger partial charge in [0, 0.05) is 17.3 Å². The average molecular weight is 277 g/mol. The van der Waals surface area contributed by atoms with Crippen LogP contribution in [-0.2, 0) is 0 Å². The molecule has 1 aliphatic heterocycles. The second-order valence-corrected chi connectivity index (χ2v) is 5.13. The SMILES string of the molecule is Cc1ccc([C@H]2C(C#N)=C(N)Oc3cc(N)ccc32)cc1. The van der Waals surface area contributed by atoms with E-state index >= 15 is 0 Å². The lowest BCUT2D eigenvalue weighted by molar-refractivity contribution is 0.394. The molecule has 0 radical (unpaired) electrons. The van der Waals surface area contributed by atoms with E-state index in [-0.39, 0.29) is 11.8 Å². The van der Waals surface area contributed by atoms with Crippen molar-refractivity contribution in [2.45, 2.75) is 12.8 Å². The third kappa shape index (κ3) is 2.19. The molecule has 1 atom stereocenters. The van der Waals surface area contributed by atoms with E-state index < -0.39 is 0 Å². The van der Waals surface area contributed by atoms with Crippen molar-refractivity contribution in [3.8, 4) is 11.8 Å². The highest BCUT2D eigenvalue weighted by atomic mass is 16.5. The summed E-state index contributed by atoms with van der Waals surface area (Å²) in [6.45, 7) is 2.03. The van der Waals surface area contributed by atoms with Crippen molar-refractivity contribution in [3.63, 3.8) is 0 Å². The molecule has 4 heteroatoms. The molecule has 4 nitrogen and oxygen atoms in total. The minimum Gasteiger partial charge on any atom is -0.440 e. The molecular weight excluding hydrogens is 262 g/mol. The Morgan fingerprint density at radius 3 is 2.48 bits per heavy atom. The molecule has 0 fully saturated rings. The number of benzene rings is 2. The number of rotatable bonds is 1. The van der Waals surface area contributed by atoms with Crippen LogP contribution in [-0.4, -0.2) is 0 Å². The van der Waals surface area contributed by atoms with Gasteiger partial charge in [-0.1, -0.05) is 35.9 Å². The summed E-state index contributed by atoms with van der Waals surface area (Å²) >= 11 is 0. The molecule has 21 heavy (non-hydrogen) atoms. The summed E-state index contributed by atoms with van der Waals surface area (Å²) in [4.78, 5) is 0. The smallest absolute Gasteiger partial charge is 0.205 e. The molecule has 2 aromatic carbocycles. The van der Waals surface area contributed by atoms with Crippen LogP contribution >= 0.6 is 0 Å². The fraction of sp³-hybridized carbons (Fsp3) is 0.118. The molecule has 0 saturated heterocycles. The first-order valence-corrected chi connectivity index (χ1v) is 6.63. The summed E-state index contributed by atoms with van der Waals surface area (Å²) in [6, 6.07) is 15.7. The van der Waals surface area contributed by atoms with Crippen molar-refractivity contribution >= 4 is 5.69 Å². The second-order valence-electron chi connectivity index (χ2n) is 5.13. The third-order valence-corrected chi connectivity index (χ3v) is 3.65. The fourth-order valence-corrected chi connectivity index (χ4v) is 2.57. The van der Waals surface area contributed by atoms with Crippen molar-refractivity contribution < 1.29 is 4.74 Å². The number of allylic oxidation sites excluding steroid dienone is 1. The summed E-state index contributed by atoms with van der Waals surface area (Å²) in [5.74, 6) is 0.526. The standard InChI is InChI=1S/C17H15N3O/c1-10-2-4-11(5-3-10)16-13-7-6-12(19)8-15(13)21-17(20)14(16)9-18/h2-8,16H,19-20H2,1H3/t16-/m1/s1. The van der Waals surface area contributed by atoms with Gasteiger partial charge in [-0.15, -0.1) is 0 Å². The van der Waals surface area contributed by atoms with Crippen LogP contribution in [0.2, 0.25) is 0 Å². The van der Waals surface area contributed by atoms with Crippen LogP contribution in [0.3, 0.4) is 0 Å². The van der Waals surface area contributed by atoms with Crippen molar-refractivity contribution in [2.24, 2.45) is 5.73 Å². The van der Waals surface area contributed by atoms with Gasteiger partial charge in [0.1, 0.15) is 17.4 Å². The molecule has 104 valence electrons. The van der Waals surface area contributed by atoms with Crippen molar-refractivity contribution in [1.29, 1.82) is 5.26 Å². The number of nitrogens with zero attached hydrogens (tertiary/aromatic N) is 1. The number of anilines is 1.